The fourth-order valence-corrected chi connectivity index (χ4v) is 5.10. The van der Waals surface area contributed by atoms with Gasteiger partial charge in [-0.05, 0) is 42.7 Å². The molecule has 1 saturated carbocycles. The molecule has 2 aromatic heterocycles. The SMILES string of the molecule is O=C(c1cc2ncccn2n1)N1CC[C@H](c2ccccc2)[C@H]2CCCC[C@H]21. The van der Waals surface area contributed by atoms with Gasteiger partial charge in [0.15, 0.2) is 11.3 Å². The van der Waals surface area contributed by atoms with Crippen molar-refractivity contribution < 1.29 is 4.79 Å². The number of amides is 1. The molecule has 1 amide bonds. The molecule has 0 unspecified atom stereocenters. The first-order valence-corrected chi connectivity index (χ1v) is 9.97. The Hall–Kier alpha value is -2.69. The van der Waals surface area contributed by atoms with Gasteiger partial charge in [-0.25, -0.2) is 9.50 Å². The van der Waals surface area contributed by atoms with Gasteiger partial charge in [0.2, 0.25) is 0 Å². The molecule has 3 atom stereocenters. The minimum Gasteiger partial charge on any atom is -0.334 e. The number of hydrogen-bond donors (Lipinski definition) is 0. The number of likely N-dealkylation sites (tertiary alicyclic amines) is 1. The van der Waals surface area contributed by atoms with Gasteiger partial charge in [0.25, 0.3) is 5.91 Å². The number of carbonyl (C=O) groups is 1. The molecular weight excluding hydrogens is 336 g/mol. The lowest BCUT2D eigenvalue weighted by molar-refractivity contribution is 0.0314. The quantitative estimate of drug-likeness (QED) is 0.696. The zero-order valence-electron chi connectivity index (χ0n) is 15.4. The molecule has 1 aromatic carbocycles. The Balaban J connectivity index is 1.44. The Morgan fingerprint density at radius 2 is 1.89 bits per heavy atom. The molecule has 1 saturated heterocycles. The van der Waals surface area contributed by atoms with E-state index in [0.717, 1.165) is 25.0 Å². The summed E-state index contributed by atoms with van der Waals surface area (Å²) in [5.41, 5.74) is 2.66. The molecule has 1 aliphatic heterocycles. The summed E-state index contributed by atoms with van der Waals surface area (Å²) < 4.78 is 1.68. The number of carbonyl (C=O) groups excluding carboxylic acids is 1. The number of aromatic nitrogens is 3. The van der Waals surface area contributed by atoms with E-state index in [9.17, 15) is 4.79 Å². The second kappa shape index (κ2) is 6.80. The van der Waals surface area contributed by atoms with Crippen LogP contribution in [0.15, 0.2) is 54.9 Å². The van der Waals surface area contributed by atoms with Gasteiger partial charge in [-0.3, -0.25) is 4.79 Å². The summed E-state index contributed by atoms with van der Waals surface area (Å²) in [7, 11) is 0. The highest BCUT2D eigenvalue weighted by Gasteiger charge is 2.42. The summed E-state index contributed by atoms with van der Waals surface area (Å²) >= 11 is 0. The number of fused-ring (bicyclic) bond motifs is 2. The van der Waals surface area contributed by atoms with Crippen LogP contribution in [-0.4, -0.2) is 38.0 Å². The van der Waals surface area contributed by atoms with Crippen molar-refractivity contribution in [1.29, 1.82) is 0 Å². The summed E-state index contributed by atoms with van der Waals surface area (Å²) in [6, 6.07) is 14.8. The lowest BCUT2D eigenvalue weighted by Crippen LogP contribution is -2.52. The van der Waals surface area contributed by atoms with Crippen LogP contribution in [0.3, 0.4) is 0 Å². The molecule has 5 heteroatoms. The average Bonchev–Trinajstić information content (AvgIpc) is 3.17. The molecule has 138 valence electrons. The van der Waals surface area contributed by atoms with Gasteiger partial charge in [0.1, 0.15) is 0 Å². The number of hydrogen-bond acceptors (Lipinski definition) is 3. The lowest BCUT2D eigenvalue weighted by Gasteiger charge is -2.48. The molecular formula is C22H24N4O. The third kappa shape index (κ3) is 2.91. The standard InChI is InChI=1S/C22H24N4O/c27-22(19-15-21-23-12-6-13-26(21)24-19)25-14-11-17(16-7-2-1-3-8-16)18-9-4-5-10-20(18)25/h1-3,6-8,12-13,15,17-18,20H,4-5,9-11,14H2/t17-,18-,20-/m1/s1. The van der Waals surface area contributed by atoms with Gasteiger partial charge in [-0.15, -0.1) is 0 Å². The van der Waals surface area contributed by atoms with Crippen LogP contribution in [0, 0.1) is 5.92 Å². The summed E-state index contributed by atoms with van der Waals surface area (Å²) in [5.74, 6) is 1.17. The molecule has 0 radical (unpaired) electrons. The van der Waals surface area contributed by atoms with Crippen molar-refractivity contribution in [2.45, 2.75) is 44.1 Å². The predicted molar refractivity (Wildman–Crippen MR) is 104 cm³/mol. The van der Waals surface area contributed by atoms with Crippen molar-refractivity contribution in [2.24, 2.45) is 5.92 Å². The molecule has 2 fully saturated rings. The summed E-state index contributed by atoms with van der Waals surface area (Å²) in [6.07, 6.45) is 9.39. The first kappa shape index (κ1) is 16.5. The number of nitrogens with zero attached hydrogens (tertiary/aromatic N) is 4. The number of piperidine rings is 1. The van der Waals surface area contributed by atoms with Crippen LogP contribution in [0.5, 0.6) is 0 Å². The zero-order chi connectivity index (χ0) is 18.2. The van der Waals surface area contributed by atoms with E-state index in [-0.39, 0.29) is 5.91 Å². The maximum Gasteiger partial charge on any atom is 0.274 e. The molecule has 5 rings (SSSR count). The van der Waals surface area contributed by atoms with E-state index in [4.69, 9.17) is 0 Å². The molecule has 3 heterocycles. The van der Waals surface area contributed by atoms with Crippen LogP contribution in [0.2, 0.25) is 0 Å². The maximum atomic E-state index is 13.3. The normalized spacial score (nSPS) is 25.3. The second-order valence-corrected chi connectivity index (χ2v) is 7.77. The molecule has 0 spiro atoms. The van der Waals surface area contributed by atoms with Crippen LogP contribution in [0.4, 0.5) is 0 Å². The maximum absolute atomic E-state index is 13.3. The van der Waals surface area contributed by atoms with Gasteiger partial charge in [0, 0.05) is 31.0 Å². The zero-order valence-corrected chi connectivity index (χ0v) is 15.4. The van der Waals surface area contributed by atoms with Gasteiger partial charge in [-0.2, -0.15) is 5.10 Å². The molecule has 3 aromatic rings. The van der Waals surface area contributed by atoms with Crippen molar-refractivity contribution in [3.05, 3.63) is 66.1 Å². The van der Waals surface area contributed by atoms with Crippen LogP contribution in [0.1, 0.15) is 54.1 Å². The van der Waals surface area contributed by atoms with E-state index in [0.29, 0.717) is 23.6 Å². The topological polar surface area (TPSA) is 50.5 Å². The first-order valence-electron chi connectivity index (χ1n) is 9.97. The van der Waals surface area contributed by atoms with Gasteiger partial charge in [0.05, 0.1) is 0 Å². The molecule has 0 bridgehead atoms. The third-order valence-corrected chi connectivity index (χ3v) is 6.32. The monoisotopic (exact) mass is 360 g/mol. The molecule has 0 N–H and O–H groups in total. The first-order chi connectivity index (χ1) is 13.3. The van der Waals surface area contributed by atoms with Crippen LogP contribution in [0.25, 0.3) is 5.65 Å². The Bertz CT molecular complexity index is 918. The van der Waals surface area contributed by atoms with Crippen molar-refractivity contribution in [1.82, 2.24) is 19.5 Å². The highest BCUT2D eigenvalue weighted by atomic mass is 16.2. The second-order valence-electron chi connectivity index (χ2n) is 7.77. The summed E-state index contributed by atoms with van der Waals surface area (Å²) in [4.78, 5) is 19.7. The minimum absolute atomic E-state index is 0.0592. The van der Waals surface area contributed by atoms with Crippen molar-refractivity contribution >= 4 is 11.6 Å². The van der Waals surface area contributed by atoms with E-state index in [1.165, 1.54) is 24.8 Å². The fourth-order valence-electron chi connectivity index (χ4n) is 5.10. The molecule has 2 aliphatic rings. The Morgan fingerprint density at radius 3 is 2.74 bits per heavy atom. The molecule has 1 aliphatic carbocycles. The summed E-state index contributed by atoms with van der Waals surface area (Å²) in [5, 5.41) is 4.47. The van der Waals surface area contributed by atoms with Crippen LogP contribution < -0.4 is 0 Å². The smallest absolute Gasteiger partial charge is 0.274 e. The van der Waals surface area contributed by atoms with Crippen LogP contribution >= 0.6 is 0 Å². The van der Waals surface area contributed by atoms with E-state index < -0.39 is 0 Å². The predicted octanol–water partition coefficient (Wildman–Crippen LogP) is 3.92. The minimum atomic E-state index is 0.0592. The largest absolute Gasteiger partial charge is 0.334 e. The van der Waals surface area contributed by atoms with Gasteiger partial charge >= 0.3 is 0 Å². The van der Waals surface area contributed by atoms with E-state index in [1.807, 2.05) is 18.3 Å². The van der Waals surface area contributed by atoms with Gasteiger partial charge in [-0.1, -0.05) is 43.2 Å². The number of benzene rings is 1. The summed E-state index contributed by atoms with van der Waals surface area (Å²) in [6.45, 7) is 0.806. The Kier molecular flexibility index (Phi) is 4.15. The van der Waals surface area contributed by atoms with Crippen molar-refractivity contribution in [2.75, 3.05) is 6.54 Å². The fraction of sp³-hybridized carbons (Fsp3) is 0.409. The van der Waals surface area contributed by atoms with Crippen molar-refractivity contribution in [3.8, 4) is 0 Å². The van der Waals surface area contributed by atoms with Crippen LogP contribution in [-0.2, 0) is 0 Å². The highest BCUT2D eigenvalue weighted by Crippen LogP contribution is 2.44. The number of rotatable bonds is 2. The van der Waals surface area contributed by atoms with Crippen molar-refractivity contribution in [3.63, 3.8) is 0 Å². The highest BCUT2D eigenvalue weighted by molar-refractivity contribution is 5.93. The van der Waals surface area contributed by atoms with E-state index in [2.05, 4.69) is 45.3 Å². The van der Waals surface area contributed by atoms with Gasteiger partial charge < -0.3 is 4.90 Å². The molecule has 27 heavy (non-hydrogen) atoms. The lowest BCUT2D eigenvalue weighted by atomic mass is 9.69. The Morgan fingerprint density at radius 1 is 1.04 bits per heavy atom. The third-order valence-electron chi connectivity index (χ3n) is 6.32. The van der Waals surface area contributed by atoms with E-state index in [1.54, 1.807) is 10.7 Å². The Labute approximate surface area is 159 Å². The van der Waals surface area contributed by atoms with E-state index >= 15 is 0 Å². The molecule has 5 nitrogen and oxygen atoms in total. The average molecular weight is 360 g/mol.